The van der Waals surface area contributed by atoms with Gasteiger partial charge in [0, 0.05) is 12.1 Å². The molecular formula is C9H12F2N2. The fraction of sp³-hybridized carbons (Fsp3) is 0.333. The lowest BCUT2D eigenvalue weighted by Crippen LogP contribution is -2.12. The van der Waals surface area contributed by atoms with E-state index in [1.165, 1.54) is 6.07 Å². The van der Waals surface area contributed by atoms with Crippen molar-refractivity contribution >= 4 is 5.69 Å². The first kappa shape index (κ1) is 9.92. The van der Waals surface area contributed by atoms with Crippen molar-refractivity contribution < 1.29 is 8.78 Å². The Morgan fingerprint density at radius 3 is 2.54 bits per heavy atom. The van der Waals surface area contributed by atoms with Crippen LogP contribution in [0.2, 0.25) is 0 Å². The van der Waals surface area contributed by atoms with E-state index in [0.29, 0.717) is 12.0 Å². The van der Waals surface area contributed by atoms with E-state index < -0.39 is 17.7 Å². The minimum absolute atomic E-state index is 0.0595. The van der Waals surface area contributed by atoms with Gasteiger partial charge in [0.05, 0.1) is 5.69 Å². The monoisotopic (exact) mass is 186 g/mol. The molecule has 4 heteroatoms. The number of hydrogen-bond donors (Lipinski definition) is 2. The molecule has 13 heavy (non-hydrogen) atoms. The van der Waals surface area contributed by atoms with E-state index in [2.05, 4.69) is 0 Å². The Morgan fingerprint density at radius 1 is 1.38 bits per heavy atom. The highest BCUT2D eigenvalue weighted by Crippen LogP contribution is 2.24. The van der Waals surface area contributed by atoms with E-state index in [0.717, 1.165) is 6.07 Å². The number of nitrogens with two attached hydrogens (primary N) is 2. The minimum Gasteiger partial charge on any atom is -0.396 e. The second-order valence-corrected chi connectivity index (χ2v) is 2.91. The summed E-state index contributed by atoms with van der Waals surface area (Å²) in [6.45, 7) is 1.83. The van der Waals surface area contributed by atoms with Gasteiger partial charge in [-0.3, -0.25) is 0 Å². The van der Waals surface area contributed by atoms with Crippen molar-refractivity contribution in [3.8, 4) is 0 Å². The molecule has 0 aliphatic heterocycles. The standard InChI is InChI=1S/C9H12F2N2/c1-2-8(12)6-3-5(10)4-7(11)9(6)13/h3-4,8H,2,12-13H2,1H3/t8-/m0/s1. The molecule has 1 atom stereocenters. The number of benzene rings is 1. The molecule has 0 fully saturated rings. The maximum atomic E-state index is 12.9. The van der Waals surface area contributed by atoms with Crippen molar-refractivity contribution in [3.05, 3.63) is 29.3 Å². The maximum absolute atomic E-state index is 12.9. The molecule has 1 aromatic rings. The highest BCUT2D eigenvalue weighted by Gasteiger charge is 2.12. The van der Waals surface area contributed by atoms with Crippen LogP contribution in [0.4, 0.5) is 14.5 Å². The van der Waals surface area contributed by atoms with Crippen LogP contribution in [0.25, 0.3) is 0 Å². The molecule has 2 nitrogen and oxygen atoms in total. The van der Waals surface area contributed by atoms with Crippen molar-refractivity contribution in [3.63, 3.8) is 0 Å². The lowest BCUT2D eigenvalue weighted by Gasteiger charge is -2.12. The molecule has 4 N–H and O–H groups in total. The van der Waals surface area contributed by atoms with Crippen LogP contribution in [-0.2, 0) is 0 Å². The Morgan fingerprint density at radius 2 is 2.00 bits per heavy atom. The second kappa shape index (κ2) is 3.70. The quantitative estimate of drug-likeness (QED) is 0.693. The number of halogens is 2. The smallest absolute Gasteiger partial charge is 0.149 e. The third kappa shape index (κ3) is 1.95. The summed E-state index contributed by atoms with van der Waals surface area (Å²) >= 11 is 0. The molecule has 72 valence electrons. The Labute approximate surface area is 75.5 Å². The zero-order valence-electron chi connectivity index (χ0n) is 7.35. The largest absolute Gasteiger partial charge is 0.396 e. The van der Waals surface area contributed by atoms with E-state index in [1.807, 2.05) is 6.92 Å². The number of nitrogen functional groups attached to an aromatic ring is 1. The van der Waals surface area contributed by atoms with Crippen molar-refractivity contribution in [2.24, 2.45) is 5.73 Å². The predicted octanol–water partition coefficient (Wildman–Crippen LogP) is 1.96. The van der Waals surface area contributed by atoms with Crippen LogP contribution >= 0.6 is 0 Å². The molecule has 0 bridgehead atoms. The van der Waals surface area contributed by atoms with Crippen molar-refractivity contribution in [2.45, 2.75) is 19.4 Å². The van der Waals surface area contributed by atoms with Crippen molar-refractivity contribution in [1.29, 1.82) is 0 Å². The van der Waals surface area contributed by atoms with Crippen LogP contribution < -0.4 is 11.5 Å². The van der Waals surface area contributed by atoms with Gasteiger partial charge in [-0.1, -0.05) is 6.92 Å². The average molecular weight is 186 g/mol. The van der Waals surface area contributed by atoms with Gasteiger partial charge in [-0.25, -0.2) is 8.78 Å². The molecule has 0 amide bonds. The van der Waals surface area contributed by atoms with Crippen LogP contribution in [0.3, 0.4) is 0 Å². The second-order valence-electron chi connectivity index (χ2n) is 2.91. The summed E-state index contributed by atoms with van der Waals surface area (Å²) < 4.78 is 25.7. The number of hydrogen-bond acceptors (Lipinski definition) is 2. The van der Waals surface area contributed by atoms with E-state index in [9.17, 15) is 8.78 Å². The molecule has 0 saturated carbocycles. The fourth-order valence-electron chi connectivity index (χ4n) is 1.13. The summed E-state index contributed by atoms with van der Waals surface area (Å²) in [5.41, 5.74) is 11.3. The first-order valence-electron chi connectivity index (χ1n) is 4.06. The van der Waals surface area contributed by atoms with Gasteiger partial charge in [0.2, 0.25) is 0 Å². The van der Waals surface area contributed by atoms with Gasteiger partial charge in [-0.05, 0) is 18.1 Å². The Balaban J connectivity index is 3.20. The van der Waals surface area contributed by atoms with Gasteiger partial charge < -0.3 is 11.5 Å². The topological polar surface area (TPSA) is 52.0 Å². The van der Waals surface area contributed by atoms with Gasteiger partial charge in [-0.2, -0.15) is 0 Å². The number of anilines is 1. The molecule has 0 heterocycles. The average Bonchev–Trinajstić information content (AvgIpc) is 2.10. The summed E-state index contributed by atoms with van der Waals surface area (Å²) in [5.74, 6) is -1.40. The van der Waals surface area contributed by atoms with Crippen LogP contribution in [0.15, 0.2) is 12.1 Å². The van der Waals surface area contributed by atoms with Gasteiger partial charge in [-0.15, -0.1) is 0 Å². The lowest BCUT2D eigenvalue weighted by molar-refractivity contribution is 0.575. The first-order chi connectivity index (χ1) is 6.06. The molecule has 0 saturated heterocycles. The van der Waals surface area contributed by atoms with Crippen molar-refractivity contribution in [1.82, 2.24) is 0 Å². The minimum atomic E-state index is -0.751. The highest BCUT2D eigenvalue weighted by molar-refractivity contribution is 5.49. The lowest BCUT2D eigenvalue weighted by atomic mass is 10.0. The van der Waals surface area contributed by atoms with Crippen LogP contribution in [0.5, 0.6) is 0 Å². The van der Waals surface area contributed by atoms with Gasteiger partial charge in [0.15, 0.2) is 0 Å². The molecule has 0 aliphatic rings. The normalized spacial score (nSPS) is 12.9. The fourth-order valence-corrected chi connectivity index (χ4v) is 1.13. The summed E-state index contributed by atoms with van der Waals surface area (Å²) in [4.78, 5) is 0. The van der Waals surface area contributed by atoms with Gasteiger partial charge >= 0.3 is 0 Å². The van der Waals surface area contributed by atoms with Gasteiger partial charge in [0.1, 0.15) is 11.6 Å². The van der Waals surface area contributed by atoms with E-state index >= 15 is 0 Å². The zero-order chi connectivity index (χ0) is 10.0. The summed E-state index contributed by atoms with van der Waals surface area (Å²) in [7, 11) is 0. The first-order valence-corrected chi connectivity index (χ1v) is 4.06. The molecule has 0 radical (unpaired) electrons. The van der Waals surface area contributed by atoms with Crippen LogP contribution in [0, 0.1) is 11.6 Å². The van der Waals surface area contributed by atoms with E-state index in [-0.39, 0.29) is 5.69 Å². The highest BCUT2D eigenvalue weighted by atomic mass is 19.1. The molecule has 0 unspecified atom stereocenters. The molecule has 0 aromatic heterocycles. The summed E-state index contributed by atoms with van der Waals surface area (Å²) in [5, 5.41) is 0. The van der Waals surface area contributed by atoms with Gasteiger partial charge in [0.25, 0.3) is 0 Å². The summed E-state index contributed by atoms with van der Waals surface area (Å²) in [6.07, 6.45) is 0.590. The molecular weight excluding hydrogens is 174 g/mol. The third-order valence-corrected chi connectivity index (χ3v) is 1.97. The van der Waals surface area contributed by atoms with Crippen LogP contribution in [-0.4, -0.2) is 0 Å². The molecule has 0 aliphatic carbocycles. The molecule has 1 aromatic carbocycles. The van der Waals surface area contributed by atoms with E-state index in [1.54, 1.807) is 0 Å². The zero-order valence-corrected chi connectivity index (χ0v) is 7.35. The predicted molar refractivity (Wildman–Crippen MR) is 48.0 cm³/mol. The van der Waals surface area contributed by atoms with Crippen molar-refractivity contribution in [2.75, 3.05) is 5.73 Å². The SMILES string of the molecule is CC[C@H](N)c1cc(F)cc(F)c1N. The summed E-state index contributed by atoms with van der Waals surface area (Å²) in [6, 6.07) is 1.51. The molecule has 1 rings (SSSR count). The third-order valence-electron chi connectivity index (χ3n) is 1.97. The molecule has 0 spiro atoms. The van der Waals surface area contributed by atoms with E-state index in [4.69, 9.17) is 11.5 Å². The Hall–Kier alpha value is -1.16. The maximum Gasteiger partial charge on any atom is 0.149 e. The Kier molecular flexibility index (Phi) is 2.83. The number of rotatable bonds is 2. The van der Waals surface area contributed by atoms with Crippen LogP contribution in [0.1, 0.15) is 24.9 Å². The Bertz CT molecular complexity index is 313.